The van der Waals surface area contributed by atoms with Crippen LogP contribution < -0.4 is 21.7 Å². The van der Waals surface area contributed by atoms with E-state index in [1.54, 1.807) is 13.8 Å². The molecule has 1 saturated heterocycles. The van der Waals surface area contributed by atoms with Crippen LogP contribution >= 0.6 is 0 Å². The number of hydrogen-bond donors (Lipinski definition) is 7. The molecule has 1 rings (SSSR count). The first kappa shape index (κ1) is 28.8. The minimum atomic E-state index is -1.44. The molecule has 0 saturated carbocycles. The van der Waals surface area contributed by atoms with E-state index in [9.17, 15) is 39.0 Å². The number of rotatable bonds is 12. The number of likely N-dealkylation sites (tertiary alicyclic amines) is 1. The molecular formula is C20H33N5O9. The molecule has 34 heavy (non-hydrogen) atoms. The summed E-state index contributed by atoms with van der Waals surface area (Å²) in [7, 11) is 0. The zero-order chi connectivity index (χ0) is 26.2. The largest absolute Gasteiger partial charge is 0.481 e. The second kappa shape index (κ2) is 12.8. The number of aliphatic hydroxyl groups is 1. The Labute approximate surface area is 196 Å². The number of carboxylic acids is 2. The fourth-order valence-corrected chi connectivity index (χ4v) is 3.44. The van der Waals surface area contributed by atoms with Crippen LogP contribution in [0.25, 0.3) is 0 Å². The average molecular weight is 488 g/mol. The third-order valence-electron chi connectivity index (χ3n) is 5.29. The van der Waals surface area contributed by atoms with E-state index < -0.39 is 84.7 Å². The Morgan fingerprint density at radius 1 is 1.03 bits per heavy atom. The van der Waals surface area contributed by atoms with Crippen molar-refractivity contribution in [2.45, 2.75) is 70.3 Å². The number of nitrogens with zero attached hydrogens (tertiary/aromatic N) is 1. The number of carbonyl (C=O) groups is 6. The van der Waals surface area contributed by atoms with Gasteiger partial charge in [-0.15, -0.1) is 0 Å². The summed E-state index contributed by atoms with van der Waals surface area (Å²) in [5, 5.41) is 34.9. The zero-order valence-electron chi connectivity index (χ0n) is 19.3. The molecule has 0 aliphatic carbocycles. The van der Waals surface area contributed by atoms with Crippen LogP contribution in [0.4, 0.5) is 0 Å². The van der Waals surface area contributed by atoms with Gasteiger partial charge in [0, 0.05) is 6.54 Å². The highest BCUT2D eigenvalue weighted by molar-refractivity contribution is 5.95. The Morgan fingerprint density at radius 3 is 2.15 bits per heavy atom. The standard InChI is InChI=1S/C20H33N5O9/c1-9(2)15(20(33)34)24-18(31)12-5-4-6-25(12)19(32)16(10(3)26)23-13(27)8-22-17(30)11(21)7-14(28)29/h9-12,15-16,26H,4-8,21H2,1-3H3,(H,22,30)(H,23,27)(H,24,31)(H,28,29)(H,33,34)/t10-,11+,12+,15+,16+/m1/s1. The maximum absolute atomic E-state index is 13.0. The minimum absolute atomic E-state index is 0.163. The molecule has 5 atom stereocenters. The summed E-state index contributed by atoms with van der Waals surface area (Å²) in [6.07, 6.45) is -1.25. The van der Waals surface area contributed by atoms with Gasteiger partial charge in [0.1, 0.15) is 18.1 Å². The van der Waals surface area contributed by atoms with Crippen molar-refractivity contribution >= 4 is 35.6 Å². The highest BCUT2D eigenvalue weighted by Crippen LogP contribution is 2.20. The van der Waals surface area contributed by atoms with Gasteiger partial charge in [-0.25, -0.2) is 4.79 Å². The van der Waals surface area contributed by atoms with Crippen molar-refractivity contribution < 1.29 is 44.1 Å². The van der Waals surface area contributed by atoms with Crippen LogP contribution in [0.5, 0.6) is 0 Å². The van der Waals surface area contributed by atoms with E-state index in [0.29, 0.717) is 6.42 Å². The van der Waals surface area contributed by atoms with E-state index in [1.807, 2.05) is 0 Å². The molecule has 0 unspecified atom stereocenters. The van der Waals surface area contributed by atoms with Crippen LogP contribution in [0.1, 0.15) is 40.0 Å². The Morgan fingerprint density at radius 2 is 1.65 bits per heavy atom. The van der Waals surface area contributed by atoms with Crippen molar-refractivity contribution in [3.8, 4) is 0 Å². The number of carbonyl (C=O) groups excluding carboxylic acids is 4. The van der Waals surface area contributed by atoms with Crippen molar-refractivity contribution in [1.29, 1.82) is 0 Å². The lowest BCUT2D eigenvalue weighted by molar-refractivity contribution is -0.146. The molecule has 1 aliphatic heterocycles. The molecular weight excluding hydrogens is 454 g/mol. The van der Waals surface area contributed by atoms with Gasteiger partial charge in [0.05, 0.1) is 25.1 Å². The number of nitrogens with one attached hydrogen (secondary N) is 3. The van der Waals surface area contributed by atoms with Crippen LogP contribution in [0.2, 0.25) is 0 Å². The second-order valence-corrected chi connectivity index (χ2v) is 8.47. The lowest BCUT2D eigenvalue weighted by Crippen LogP contribution is -2.59. The monoisotopic (exact) mass is 487 g/mol. The Kier molecular flexibility index (Phi) is 10.9. The quantitative estimate of drug-likeness (QED) is 0.147. The van der Waals surface area contributed by atoms with Crippen LogP contribution in [-0.2, 0) is 28.8 Å². The molecule has 4 amide bonds. The lowest BCUT2D eigenvalue weighted by Gasteiger charge is -2.31. The topological polar surface area (TPSA) is 228 Å². The van der Waals surface area contributed by atoms with Gasteiger partial charge < -0.3 is 41.9 Å². The van der Waals surface area contributed by atoms with Crippen LogP contribution in [0.3, 0.4) is 0 Å². The fraction of sp³-hybridized carbons (Fsp3) is 0.700. The van der Waals surface area contributed by atoms with E-state index in [4.69, 9.17) is 10.8 Å². The second-order valence-electron chi connectivity index (χ2n) is 8.47. The highest BCUT2D eigenvalue weighted by Gasteiger charge is 2.40. The maximum Gasteiger partial charge on any atom is 0.326 e. The van der Waals surface area contributed by atoms with Gasteiger partial charge in [-0.2, -0.15) is 0 Å². The molecule has 1 aliphatic rings. The fourth-order valence-electron chi connectivity index (χ4n) is 3.44. The van der Waals surface area contributed by atoms with E-state index in [0.717, 1.165) is 0 Å². The maximum atomic E-state index is 13.0. The number of carboxylic acid groups (broad SMARTS) is 2. The van der Waals surface area contributed by atoms with Crippen LogP contribution in [0, 0.1) is 5.92 Å². The van der Waals surface area contributed by atoms with Gasteiger partial charge in [0.25, 0.3) is 0 Å². The Hall–Kier alpha value is -3.26. The molecule has 14 nitrogen and oxygen atoms in total. The van der Waals surface area contributed by atoms with Gasteiger partial charge in [-0.3, -0.25) is 24.0 Å². The van der Waals surface area contributed by atoms with E-state index in [1.165, 1.54) is 11.8 Å². The zero-order valence-corrected chi connectivity index (χ0v) is 19.3. The molecule has 8 N–H and O–H groups in total. The molecule has 0 radical (unpaired) electrons. The van der Waals surface area contributed by atoms with Crippen molar-refractivity contribution in [3.05, 3.63) is 0 Å². The normalized spacial score (nSPS) is 19.0. The smallest absolute Gasteiger partial charge is 0.326 e. The first-order chi connectivity index (χ1) is 15.8. The lowest BCUT2D eigenvalue weighted by atomic mass is 10.0. The summed E-state index contributed by atoms with van der Waals surface area (Å²) in [6, 6.07) is -4.93. The molecule has 0 aromatic carbocycles. The molecule has 192 valence electrons. The first-order valence-corrected chi connectivity index (χ1v) is 10.8. The Balaban J connectivity index is 2.81. The number of amides is 4. The van der Waals surface area contributed by atoms with Crippen molar-refractivity contribution in [2.75, 3.05) is 13.1 Å². The molecule has 0 aromatic rings. The van der Waals surface area contributed by atoms with Crippen LogP contribution in [0.15, 0.2) is 0 Å². The molecule has 1 heterocycles. The van der Waals surface area contributed by atoms with E-state index in [2.05, 4.69) is 16.0 Å². The molecule has 1 fully saturated rings. The number of aliphatic hydroxyl groups excluding tert-OH is 1. The molecule has 0 bridgehead atoms. The van der Waals surface area contributed by atoms with Crippen molar-refractivity contribution in [3.63, 3.8) is 0 Å². The average Bonchev–Trinajstić information content (AvgIpc) is 3.22. The summed E-state index contributed by atoms with van der Waals surface area (Å²) in [6.45, 7) is 4.05. The molecule has 14 heteroatoms. The number of nitrogens with two attached hydrogens (primary N) is 1. The van der Waals surface area contributed by atoms with Gasteiger partial charge in [0.2, 0.25) is 23.6 Å². The van der Waals surface area contributed by atoms with Crippen molar-refractivity contribution in [2.24, 2.45) is 11.7 Å². The number of hydrogen-bond acceptors (Lipinski definition) is 8. The van der Waals surface area contributed by atoms with Gasteiger partial charge in [-0.1, -0.05) is 13.8 Å². The van der Waals surface area contributed by atoms with Gasteiger partial charge in [0.15, 0.2) is 0 Å². The molecule has 0 spiro atoms. The summed E-state index contributed by atoms with van der Waals surface area (Å²) in [4.78, 5) is 72.9. The minimum Gasteiger partial charge on any atom is -0.481 e. The third-order valence-corrected chi connectivity index (χ3v) is 5.29. The number of aliphatic carboxylic acids is 2. The summed E-state index contributed by atoms with van der Waals surface area (Å²) < 4.78 is 0. The van der Waals surface area contributed by atoms with E-state index in [-0.39, 0.29) is 13.0 Å². The predicted molar refractivity (Wildman–Crippen MR) is 116 cm³/mol. The van der Waals surface area contributed by atoms with E-state index >= 15 is 0 Å². The predicted octanol–water partition coefficient (Wildman–Crippen LogP) is -3.01. The highest BCUT2D eigenvalue weighted by atomic mass is 16.4. The molecule has 0 aromatic heterocycles. The summed E-state index contributed by atoms with van der Waals surface area (Å²) in [5.41, 5.74) is 5.40. The van der Waals surface area contributed by atoms with Gasteiger partial charge in [-0.05, 0) is 25.7 Å². The van der Waals surface area contributed by atoms with Crippen LogP contribution in [-0.4, -0.2) is 99.1 Å². The third kappa shape index (κ3) is 8.26. The summed E-state index contributed by atoms with van der Waals surface area (Å²) in [5.74, 6) is -6.02. The van der Waals surface area contributed by atoms with Gasteiger partial charge >= 0.3 is 11.9 Å². The summed E-state index contributed by atoms with van der Waals surface area (Å²) >= 11 is 0. The van der Waals surface area contributed by atoms with Crippen molar-refractivity contribution in [1.82, 2.24) is 20.9 Å². The first-order valence-electron chi connectivity index (χ1n) is 10.8. The SMILES string of the molecule is CC(C)[C@H](NC(=O)[C@@H]1CCCN1C(=O)[C@@H](NC(=O)CNC(=O)[C@@H](N)CC(=O)O)[C@@H](C)O)C(=O)O. The Bertz CT molecular complexity index is 801.